The van der Waals surface area contributed by atoms with Crippen LogP contribution in [0.1, 0.15) is 27.7 Å². The van der Waals surface area contributed by atoms with Crippen LogP contribution < -0.4 is 0 Å². The topological polar surface area (TPSA) is 20.2 Å². The molecule has 0 saturated heterocycles. The zero-order valence-electron chi connectivity index (χ0n) is 7.89. The SMILES string of the molecule is C#CC.C=C(O)/C=C\C.CC. The van der Waals surface area contributed by atoms with Crippen molar-refractivity contribution in [3.63, 3.8) is 0 Å². The third-order valence-electron chi connectivity index (χ3n) is 0.359. The van der Waals surface area contributed by atoms with Gasteiger partial charge >= 0.3 is 0 Å². The van der Waals surface area contributed by atoms with Crippen LogP contribution in [-0.4, -0.2) is 5.11 Å². The van der Waals surface area contributed by atoms with Crippen molar-refractivity contribution in [1.82, 2.24) is 0 Å². The Morgan fingerprint density at radius 3 is 1.82 bits per heavy atom. The molecule has 0 aromatic carbocycles. The van der Waals surface area contributed by atoms with Crippen molar-refractivity contribution in [1.29, 1.82) is 0 Å². The van der Waals surface area contributed by atoms with Gasteiger partial charge in [0.25, 0.3) is 0 Å². The van der Waals surface area contributed by atoms with E-state index in [1.54, 1.807) is 13.0 Å². The highest BCUT2D eigenvalue weighted by atomic mass is 16.3. The molecule has 0 aliphatic carbocycles. The first kappa shape index (κ1) is 16.4. The summed E-state index contributed by atoms with van der Waals surface area (Å²) < 4.78 is 0. The molecule has 0 heterocycles. The van der Waals surface area contributed by atoms with Crippen LogP contribution in [0.15, 0.2) is 24.5 Å². The second kappa shape index (κ2) is 23.2. The molecule has 0 aromatic rings. The van der Waals surface area contributed by atoms with Gasteiger partial charge in [-0.25, -0.2) is 0 Å². The molecule has 1 N–H and O–H groups in total. The number of aliphatic hydroxyl groups excluding tert-OH is 1. The lowest BCUT2D eigenvalue weighted by Gasteiger charge is -1.76. The molecule has 0 rings (SSSR count). The van der Waals surface area contributed by atoms with Crippen molar-refractivity contribution in [2.45, 2.75) is 27.7 Å². The van der Waals surface area contributed by atoms with E-state index in [0.717, 1.165) is 0 Å². The lowest BCUT2D eigenvalue weighted by atomic mass is 10.5. The number of allylic oxidation sites excluding steroid dienone is 2. The standard InChI is InChI=1S/C5H8O.C3H4.C2H6/c1-3-4-5(2)6;1-3-2;1-2/h3-4,6H,2H2,1H3;1H,2H3;1-2H3/b4-3-;;. The summed E-state index contributed by atoms with van der Waals surface area (Å²) in [6.07, 6.45) is 7.85. The summed E-state index contributed by atoms with van der Waals surface area (Å²) in [7, 11) is 0. The van der Waals surface area contributed by atoms with Crippen molar-refractivity contribution in [2.75, 3.05) is 0 Å². The molecule has 0 aliphatic heterocycles. The van der Waals surface area contributed by atoms with Crippen molar-refractivity contribution >= 4 is 0 Å². The van der Waals surface area contributed by atoms with E-state index in [-0.39, 0.29) is 5.76 Å². The average molecular weight is 154 g/mol. The maximum absolute atomic E-state index is 8.27. The summed E-state index contributed by atoms with van der Waals surface area (Å²) in [4.78, 5) is 0. The third kappa shape index (κ3) is 122. The average Bonchev–Trinajstić information content (AvgIpc) is 1.93. The maximum atomic E-state index is 8.27. The highest BCUT2D eigenvalue weighted by Gasteiger charge is 1.66. The van der Waals surface area contributed by atoms with Crippen LogP contribution in [0.3, 0.4) is 0 Å². The van der Waals surface area contributed by atoms with Crippen LogP contribution in [-0.2, 0) is 0 Å². The first-order chi connectivity index (χ1) is 5.18. The molecule has 0 atom stereocenters. The first-order valence-corrected chi connectivity index (χ1v) is 3.57. The quantitative estimate of drug-likeness (QED) is 0.349. The number of terminal acetylenes is 1. The molecular formula is C10H18O. The summed E-state index contributed by atoms with van der Waals surface area (Å²) in [5, 5.41) is 8.27. The Balaban J connectivity index is -0.000000109. The number of hydrogen-bond acceptors (Lipinski definition) is 1. The Hall–Kier alpha value is -1.16. The van der Waals surface area contributed by atoms with Crippen LogP contribution in [0.25, 0.3) is 0 Å². The van der Waals surface area contributed by atoms with E-state index in [2.05, 4.69) is 18.9 Å². The van der Waals surface area contributed by atoms with Gasteiger partial charge in [-0.15, -0.1) is 12.3 Å². The van der Waals surface area contributed by atoms with E-state index in [1.807, 2.05) is 20.8 Å². The highest BCUT2D eigenvalue weighted by Crippen LogP contribution is 1.80. The fourth-order valence-corrected chi connectivity index (χ4v) is 0.192. The van der Waals surface area contributed by atoms with Crippen LogP contribution in [0, 0.1) is 12.3 Å². The Kier molecular flexibility index (Phi) is 34.7. The van der Waals surface area contributed by atoms with Crippen molar-refractivity contribution in [3.8, 4) is 12.3 Å². The normalized spacial score (nSPS) is 6.45. The number of aliphatic hydroxyl groups is 1. The largest absolute Gasteiger partial charge is 0.509 e. The lowest BCUT2D eigenvalue weighted by Crippen LogP contribution is -1.62. The molecule has 0 bridgehead atoms. The summed E-state index contributed by atoms with van der Waals surface area (Å²) in [5.74, 6) is 2.36. The summed E-state index contributed by atoms with van der Waals surface area (Å²) in [6.45, 7) is 10.7. The van der Waals surface area contributed by atoms with Crippen molar-refractivity contribution < 1.29 is 5.11 Å². The Bertz CT molecular complexity index is 126. The van der Waals surface area contributed by atoms with Gasteiger partial charge in [0.05, 0.1) is 0 Å². The summed E-state index contributed by atoms with van der Waals surface area (Å²) >= 11 is 0. The molecule has 1 nitrogen and oxygen atoms in total. The Morgan fingerprint density at radius 2 is 1.82 bits per heavy atom. The number of rotatable bonds is 1. The molecule has 0 saturated carbocycles. The van der Waals surface area contributed by atoms with Crippen molar-refractivity contribution in [3.05, 3.63) is 24.5 Å². The minimum absolute atomic E-state index is 0.109. The minimum atomic E-state index is 0.109. The third-order valence-corrected chi connectivity index (χ3v) is 0.359. The highest BCUT2D eigenvalue weighted by molar-refractivity contribution is 5.03. The Labute approximate surface area is 70.4 Å². The molecule has 0 radical (unpaired) electrons. The van der Waals surface area contributed by atoms with Gasteiger partial charge in [-0.2, -0.15) is 0 Å². The monoisotopic (exact) mass is 154 g/mol. The molecule has 0 aromatic heterocycles. The summed E-state index contributed by atoms with van der Waals surface area (Å²) in [6, 6.07) is 0. The van der Waals surface area contributed by atoms with E-state index in [4.69, 9.17) is 5.11 Å². The van der Waals surface area contributed by atoms with Crippen LogP contribution in [0.4, 0.5) is 0 Å². The minimum Gasteiger partial charge on any atom is -0.509 e. The zero-order valence-corrected chi connectivity index (χ0v) is 7.89. The van der Waals surface area contributed by atoms with Gasteiger partial charge < -0.3 is 5.11 Å². The smallest absolute Gasteiger partial charge is 0.108 e. The second-order valence-electron chi connectivity index (χ2n) is 1.28. The van der Waals surface area contributed by atoms with Crippen LogP contribution in [0.5, 0.6) is 0 Å². The van der Waals surface area contributed by atoms with E-state index in [0.29, 0.717) is 0 Å². The molecular weight excluding hydrogens is 136 g/mol. The lowest BCUT2D eigenvalue weighted by molar-refractivity contribution is 0.435. The van der Waals surface area contributed by atoms with E-state index in [1.165, 1.54) is 6.08 Å². The van der Waals surface area contributed by atoms with Crippen molar-refractivity contribution in [2.24, 2.45) is 0 Å². The van der Waals surface area contributed by atoms with Gasteiger partial charge in [-0.05, 0) is 19.9 Å². The predicted octanol–water partition coefficient (Wildman–Crippen LogP) is 3.30. The van der Waals surface area contributed by atoms with Gasteiger partial charge in [-0.1, -0.05) is 26.5 Å². The van der Waals surface area contributed by atoms with Gasteiger partial charge in [-0.3, -0.25) is 0 Å². The van der Waals surface area contributed by atoms with E-state index < -0.39 is 0 Å². The van der Waals surface area contributed by atoms with Gasteiger partial charge in [0.1, 0.15) is 5.76 Å². The molecule has 11 heavy (non-hydrogen) atoms. The van der Waals surface area contributed by atoms with Gasteiger partial charge in [0.15, 0.2) is 0 Å². The summed E-state index contributed by atoms with van der Waals surface area (Å²) in [5.41, 5.74) is 0. The molecule has 0 fully saturated rings. The molecule has 1 heteroatoms. The fraction of sp³-hybridized carbons (Fsp3) is 0.400. The molecule has 0 aliphatic rings. The fourth-order valence-electron chi connectivity index (χ4n) is 0.192. The van der Waals surface area contributed by atoms with Gasteiger partial charge in [0, 0.05) is 0 Å². The second-order valence-corrected chi connectivity index (χ2v) is 1.28. The molecule has 0 amide bonds. The number of hydrogen-bond donors (Lipinski definition) is 1. The molecule has 0 unspecified atom stereocenters. The maximum Gasteiger partial charge on any atom is 0.108 e. The van der Waals surface area contributed by atoms with Crippen LogP contribution >= 0.6 is 0 Å². The van der Waals surface area contributed by atoms with E-state index in [9.17, 15) is 0 Å². The molecule has 64 valence electrons. The Morgan fingerprint density at radius 1 is 1.55 bits per heavy atom. The zero-order chi connectivity index (χ0) is 9.70. The van der Waals surface area contributed by atoms with E-state index >= 15 is 0 Å². The predicted molar refractivity (Wildman–Crippen MR) is 52.4 cm³/mol. The van der Waals surface area contributed by atoms with Crippen LogP contribution in [0.2, 0.25) is 0 Å². The molecule has 0 spiro atoms. The first-order valence-electron chi connectivity index (χ1n) is 3.57. The van der Waals surface area contributed by atoms with Gasteiger partial charge in [0.2, 0.25) is 0 Å².